The van der Waals surface area contributed by atoms with Gasteiger partial charge < -0.3 is 10.6 Å². The largest absolute Gasteiger partial charge is 0.354 e. The molecule has 1 aromatic carbocycles. The fraction of sp³-hybridized carbons (Fsp3) is 0.385. The van der Waals surface area contributed by atoms with Crippen LogP contribution in [0.5, 0.6) is 0 Å². The van der Waals surface area contributed by atoms with Crippen molar-refractivity contribution in [3.05, 3.63) is 33.6 Å². The minimum absolute atomic E-state index is 0.0201. The first-order valence-electron chi connectivity index (χ1n) is 6.51. The molecule has 1 aromatic heterocycles. The maximum absolute atomic E-state index is 10.9. The Kier molecular flexibility index (Phi) is 3.18. The highest BCUT2D eigenvalue weighted by molar-refractivity contribution is 6.28. The highest BCUT2D eigenvalue weighted by Crippen LogP contribution is 2.31. The summed E-state index contributed by atoms with van der Waals surface area (Å²) in [5.41, 5.74) is 6.31. The van der Waals surface area contributed by atoms with Crippen molar-refractivity contribution in [1.82, 2.24) is 9.97 Å². The molecule has 8 heteroatoms. The SMILES string of the molecule is C[C@@]1(N)CCN(c2nc(Cl)nc3cc([N+](=O)[O-])ccc23)C1. The summed E-state index contributed by atoms with van der Waals surface area (Å²) < 4.78 is 0. The molecule has 2 aromatic rings. The Balaban J connectivity index is 2.12. The molecule has 0 radical (unpaired) electrons. The van der Waals surface area contributed by atoms with Gasteiger partial charge in [0, 0.05) is 36.1 Å². The minimum Gasteiger partial charge on any atom is -0.354 e. The van der Waals surface area contributed by atoms with Crippen LogP contribution in [0.15, 0.2) is 18.2 Å². The Morgan fingerprint density at radius 2 is 2.24 bits per heavy atom. The predicted octanol–water partition coefficient (Wildman–Crippen LogP) is 2.12. The molecule has 0 saturated carbocycles. The number of non-ortho nitro benzene ring substituents is 1. The van der Waals surface area contributed by atoms with Crippen molar-refractivity contribution in [2.45, 2.75) is 18.9 Å². The van der Waals surface area contributed by atoms with Crippen LogP contribution in [-0.2, 0) is 0 Å². The third kappa shape index (κ3) is 2.62. The third-order valence-corrected chi connectivity index (χ3v) is 3.82. The second-order valence-corrected chi connectivity index (χ2v) is 5.94. The van der Waals surface area contributed by atoms with E-state index in [2.05, 4.69) is 9.97 Å². The van der Waals surface area contributed by atoms with Gasteiger partial charge in [0.25, 0.3) is 5.69 Å². The summed E-state index contributed by atoms with van der Waals surface area (Å²) in [6.45, 7) is 3.42. The summed E-state index contributed by atoms with van der Waals surface area (Å²) in [6, 6.07) is 4.51. The number of nitrogens with zero attached hydrogens (tertiary/aromatic N) is 4. The maximum atomic E-state index is 10.9. The molecule has 2 N–H and O–H groups in total. The number of nitro benzene ring substituents is 1. The molecule has 0 bridgehead atoms. The number of fused-ring (bicyclic) bond motifs is 1. The van der Waals surface area contributed by atoms with E-state index in [-0.39, 0.29) is 16.5 Å². The van der Waals surface area contributed by atoms with Gasteiger partial charge in [0.05, 0.1) is 10.4 Å². The fourth-order valence-electron chi connectivity index (χ4n) is 2.59. The number of hydrogen-bond donors (Lipinski definition) is 1. The molecule has 1 aliphatic rings. The molecule has 1 fully saturated rings. The highest BCUT2D eigenvalue weighted by Gasteiger charge is 2.31. The van der Waals surface area contributed by atoms with Crippen LogP contribution in [0.4, 0.5) is 11.5 Å². The molecule has 0 aliphatic carbocycles. The Morgan fingerprint density at radius 3 is 2.86 bits per heavy atom. The van der Waals surface area contributed by atoms with E-state index >= 15 is 0 Å². The number of halogens is 1. The van der Waals surface area contributed by atoms with E-state index in [9.17, 15) is 10.1 Å². The zero-order valence-electron chi connectivity index (χ0n) is 11.4. The van der Waals surface area contributed by atoms with E-state index in [1.165, 1.54) is 12.1 Å². The van der Waals surface area contributed by atoms with Crippen LogP contribution in [0.1, 0.15) is 13.3 Å². The molecule has 21 heavy (non-hydrogen) atoms. The first-order chi connectivity index (χ1) is 9.85. The summed E-state index contributed by atoms with van der Waals surface area (Å²) in [4.78, 5) is 20.8. The van der Waals surface area contributed by atoms with Crippen molar-refractivity contribution in [2.75, 3.05) is 18.0 Å². The number of nitrogens with two attached hydrogens (primary N) is 1. The van der Waals surface area contributed by atoms with Gasteiger partial charge in [-0.25, -0.2) is 4.98 Å². The fourth-order valence-corrected chi connectivity index (χ4v) is 2.76. The normalized spacial score (nSPS) is 22.0. The van der Waals surface area contributed by atoms with Crippen LogP contribution in [-0.4, -0.2) is 33.5 Å². The van der Waals surface area contributed by atoms with Gasteiger partial charge in [-0.15, -0.1) is 0 Å². The molecule has 0 spiro atoms. The van der Waals surface area contributed by atoms with Gasteiger partial charge in [-0.05, 0) is 31.0 Å². The average molecular weight is 308 g/mol. The summed E-state index contributed by atoms with van der Waals surface area (Å²) in [6.07, 6.45) is 0.850. The van der Waals surface area contributed by atoms with Gasteiger partial charge in [0.15, 0.2) is 0 Å². The van der Waals surface area contributed by atoms with Gasteiger partial charge in [-0.2, -0.15) is 4.98 Å². The molecule has 7 nitrogen and oxygen atoms in total. The van der Waals surface area contributed by atoms with E-state index in [0.717, 1.165) is 18.4 Å². The van der Waals surface area contributed by atoms with Crippen LogP contribution >= 0.6 is 11.6 Å². The third-order valence-electron chi connectivity index (χ3n) is 3.65. The van der Waals surface area contributed by atoms with Gasteiger partial charge in [0.2, 0.25) is 5.28 Å². The van der Waals surface area contributed by atoms with Crippen LogP contribution in [0, 0.1) is 10.1 Å². The van der Waals surface area contributed by atoms with Gasteiger partial charge in [-0.3, -0.25) is 10.1 Å². The lowest BCUT2D eigenvalue weighted by Gasteiger charge is -2.21. The lowest BCUT2D eigenvalue weighted by molar-refractivity contribution is -0.384. The van der Waals surface area contributed by atoms with Crippen molar-refractivity contribution in [2.24, 2.45) is 5.73 Å². The number of nitro groups is 1. The number of aromatic nitrogens is 2. The van der Waals surface area contributed by atoms with E-state index in [4.69, 9.17) is 17.3 Å². The van der Waals surface area contributed by atoms with E-state index in [0.29, 0.717) is 17.9 Å². The molecular formula is C13H14ClN5O2. The second kappa shape index (κ2) is 4.78. The summed E-state index contributed by atoms with van der Waals surface area (Å²) >= 11 is 5.96. The van der Waals surface area contributed by atoms with E-state index in [1.807, 2.05) is 11.8 Å². The van der Waals surface area contributed by atoms with Crippen molar-refractivity contribution < 1.29 is 4.92 Å². The predicted molar refractivity (Wildman–Crippen MR) is 80.6 cm³/mol. The Morgan fingerprint density at radius 1 is 1.48 bits per heavy atom. The topological polar surface area (TPSA) is 98.2 Å². The Bertz CT molecular complexity index is 734. The maximum Gasteiger partial charge on any atom is 0.271 e. The monoisotopic (exact) mass is 307 g/mol. The van der Waals surface area contributed by atoms with Gasteiger partial charge >= 0.3 is 0 Å². The first-order valence-corrected chi connectivity index (χ1v) is 6.89. The molecule has 2 heterocycles. The molecule has 3 rings (SSSR count). The van der Waals surface area contributed by atoms with Crippen LogP contribution in [0.3, 0.4) is 0 Å². The Labute approximate surface area is 125 Å². The van der Waals surface area contributed by atoms with Crippen LogP contribution in [0.25, 0.3) is 10.9 Å². The van der Waals surface area contributed by atoms with E-state index < -0.39 is 4.92 Å². The van der Waals surface area contributed by atoms with Gasteiger partial charge in [-0.1, -0.05) is 0 Å². The molecule has 1 saturated heterocycles. The van der Waals surface area contributed by atoms with Crippen LogP contribution < -0.4 is 10.6 Å². The summed E-state index contributed by atoms with van der Waals surface area (Å²) in [5.74, 6) is 0.675. The Hall–Kier alpha value is -1.99. The number of benzene rings is 1. The van der Waals surface area contributed by atoms with E-state index in [1.54, 1.807) is 6.07 Å². The zero-order chi connectivity index (χ0) is 15.2. The van der Waals surface area contributed by atoms with Crippen molar-refractivity contribution in [3.63, 3.8) is 0 Å². The lowest BCUT2D eigenvalue weighted by Crippen LogP contribution is -2.39. The first kappa shape index (κ1) is 14.0. The quantitative estimate of drug-likeness (QED) is 0.518. The summed E-state index contributed by atoms with van der Waals surface area (Å²) in [7, 11) is 0. The standard InChI is InChI=1S/C13H14ClN5O2/c1-13(15)4-5-18(7-13)11-9-3-2-8(19(20)21)6-10(9)16-12(14)17-11/h2-3,6H,4-5,7,15H2,1H3/t13-/m1/s1. The number of rotatable bonds is 2. The minimum atomic E-state index is -0.456. The number of hydrogen-bond acceptors (Lipinski definition) is 6. The van der Waals surface area contributed by atoms with Crippen molar-refractivity contribution in [3.8, 4) is 0 Å². The molecule has 0 amide bonds. The zero-order valence-corrected chi connectivity index (χ0v) is 12.2. The molecule has 0 unspecified atom stereocenters. The van der Waals surface area contributed by atoms with Crippen molar-refractivity contribution >= 4 is 34.0 Å². The molecule has 110 valence electrons. The summed E-state index contributed by atoms with van der Waals surface area (Å²) in [5, 5.41) is 11.7. The molecule has 1 aliphatic heterocycles. The molecular weight excluding hydrogens is 294 g/mol. The average Bonchev–Trinajstić information content (AvgIpc) is 2.77. The second-order valence-electron chi connectivity index (χ2n) is 5.60. The smallest absolute Gasteiger partial charge is 0.271 e. The van der Waals surface area contributed by atoms with Gasteiger partial charge in [0.1, 0.15) is 5.82 Å². The van der Waals surface area contributed by atoms with Crippen molar-refractivity contribution in [1.29, 1.82) is 0 Å². The number of anilines is 1. The van der Waals surface area contributed by atoms with Crippen LogP contribution in [0.2, 0.25) is 5.28 Å². The molecule has 1 atom stereocenters. The highest BCUT2D eigenvalue weighted by atomic mass is 35.5. The lowest BCUT2D eigenvalue weighted by atomic mass is 10.0.